The highest BCUT2D eigenvalue weighted by molar-refractivity contribution is 5.60. The minimum atomic E-state index is 0.675. The standard InChI is InChI=1S/C16H26N2/c1-4-10-17-15-9-11-18(12-15)16-13(3)7-6-8-14(16)5-2/h6-8,15,17H,4-5,9-12H2,1-3H3. The maximum Gasteiger partial charge on any atom is 0.0428 e. The molecule has 2 rings (SSSR count). The predicted molar refractivity (Wildman–Crippen MR) is 79.5 cm³/mol. The molecule has 0 spiro atoms. The molecule has 0 amide bonds. The Morgan fingerprint density at radius 2 is 2.17 bits per heavy atom. The van der Waals surface area contributed by atoms with Gasteiger partial charge in [0.05, 0.1) is 0 Å². The van der Waals surface area contributed by atoms with Crippen LogP contribution >= 0.6 is 0 Å². The summed E-state index contributed by atoms with van der Waals surface area (Å²) in [4.78, 5) is 2.57. The Morgan fingerprint density at radius 3 is 2.89 bits per heavy atom. The van der Waals surface area contributed by atoms with Crippen LogP contribution in [0.4, 0.5) is 5.69 Å². The highest BCUT2D eigenvalue weighted by Crippen LogP contribution is 2.28. The number of nitrogens with zero attached hydrogens (tertiary/aromatic N) is 1. The number of para-hydroxylation sites is 1. The maximum absolute atomic E-state index is 3.65. The molecule has 1 aliphatic rings. The number of anilines is 1. The third-order valence-electron chi connectivity index (χ3n) is 3.89. The first-order chi connectivity index (χ1) is 8.76. The first-order valence-corrected chi connectivity index (χ1v) is 7.33. The van der Waals surface area contributed by atoms with Crippen molar-refractivity contribution in [3.8, 4) is 0 Å². The molecule has 1 aromatic rings. The van der Waals surface area contributed by atoms with Crippen LogP contribution in [0.25, 0.3) is 0 Å². The summed E-state index contributed by atoms with van der Waals surface area (Å²) in [6, 6.07) is 7.37. The van der Waals surface area contributed by atoms with Gasteiger partial charge in [0.2, 0.25) is 0 Å². The van der Waals surface area contributed by atoms with E-state index < -0.39 is 0 Å². The minimum Gasteiger partial charge on any atom is -0.369 e. The van der Waals surface area contributed by atoms with E-state index in [1.54, 1.807) is 0 Å². The fourth-order valence-corrected chi connectivity index (χ4v) is 2.94. The lowest BCUT2D eigenvalue weighted by molar-refractivity contribution is 0.549. The first-order valence-electron chi connectivity index (χ1n) is 7.33. The zero-order valence-corrected chi connectivity index (χ0v) is 12.0. The van der Waals surface area contributed by atoms with E-state index in [9.17, 15) is 0 Å². The van der Waals surface area contributed by atoms with E-state index in [1.165, 1.54) is 36.2 Å². The molecule has 1 aromatic carbocycles. The highest BCUT2D eigenvalue weighted by Gasteiger charge is 2.24. The summed E-state index contributed by atoms with van der Waals surface area (Å²) in [5.41, 5.74) is 4.40. The molecule has 0 radical (unpaired) electrons. The third kappa shape index (κ3) is 2.86. The van der Waals surface area contributed by atoms with Crippen LogP contribution < -0.4 is 10.2 Å². The Bertz CT molecular complexity index is 387. The van der Waals surface area contributed by atoms with Gasteiger partial charge in [0.1, 0.15) is 0 Å². The number of nitrogens with one attached hydrogen (secondary N) is 1. The Balaban J connectivity index is 2.09. The number of rotatable bonds is 5. The van der Waals surface area contributed by atoms with E-state index >= 15 is 0 Å². The van der Waals surface area contributed by atoms with Gasteiger partial charge in [0, 0.05) is 24.8 Å². The van der Waals surface area contributed by atoms with Crippen molar-refractivity contribution in [3.63, 3.8) is 0 Å². The molecule has 0 bridgehead atoms. The summed E-state index contributed by atoms with van der Waals surface area (Å²) in [6.07, 6.45) is 3.62. The smallest absolute Gasteiger partial charge is 0.0428 e. The van der Waals surface area contributed by atoms with Crippen molar-refractivity contribution >= 4 is 5.69 Å². The zero-order chi connectivity index (χ0) is 13.0. The molecule has 0 aliphatic carbocycles. The van der Waals surface area contributed by atoms with Gasteiger partial charge in [0.15, 0.2) is 0 Å². The van der Waals surface area contributed by atoms with Crippen LogP contribution in [0, 0.1) is 6.92 Å². The minimum absolute atomic E-state index is 0.675. The van der Waals surface area contributed by atoms with Crippen LogP contribution in [0.15, 0.2) is 18.2 Å². The third-order valence-corrected chi connectivity index (χ3v) is 3.89. The topological polar surface area (TPSA) is 15.3 Å². The Kier molecular flexibility index (Phi) is 4.65. The number of benzene rings is 1. The molecular formula is C16H26N2. The summed E-state index contributed by atoms with van der Waals surface area (Å²) in [5.74, 6) is 0. The summed E-state index contributed by atoms with van der Waals surface area (Å²) >= 11 is 0. The highest BCUT2D eigenvalue weighted by atomic mass is 15.2. The second kappa shape index (κ2) is 6.24. The average Bonchev–Trinajstić information content (AvgIpc) is 2.84. The van der Waals surface area contributed by atoms with E-state index in [-0.39, 0.29) is 0 Å². The molecular weight excluding hydrogens is 220 g/mol. The van der Waals surface area contributed by atoms with Crippen molar-refractivity contribution in [1.29, 1.82) is 0 Å². The lowest BCUT2D eigenvalue weighted by atomic mass is 10.0. The van der Waals surface area contributed by atoms with Crippen molar-refractivity contribution < 1.29 is 0 Å². The molecule has 1 aliphatic heterocycles. The Labute approximate surface area is 111 Å². The molecule has 1 unspecified atom stereocenters. The molecule has 0 saturated carbocycles. The monoisotopic (exact) mass is 246 g/mol. The lowest BCUT2D eigenvalue weighted by Gasteiger charge is -2.24. The number of hydrogen-bond acceptors (Lipinski definition) is 2. The van der Waals surface area contributed by atoms with E-state index in [2.05, 4.69) is 49.2 Å². The van der Waals surface area contributed by atoms with Crippen LogP contribution in [0.1, 0.15) is 37.8 Å². The van der Waals surface area contributed by atoms with Crippen LogP contribution in [0.2, 0.25) is 0 Å². The van der Waals surface area contributed by atoms with Gasteiger partial charge in [-0.05, 0) is 43.9 Å². The fourth-order valence-electron chi connectivity index (χ4n) is 2.94. The number of aryl methyl sites for hydroxylation is 2. The molecule has 1 N–H and O–H groups in total. The second-order valence-electron chi connectivity index (χ2n) is 5.32. The Morgan fingerprint density at radius 1 is 1.33 bits per heavy atom. The molecule has 100 valence electrons. The molecule has 1 saturated heterocycles. The van der Waals surface area contributed by atoms with Gasteiger partial charge in [-0.15, -0.1) is 0 Å². The Hall–Kier alpha value is -1.02. The zero-order valence-electron chi connectivity index (χ0n) is 12.0. The van der Waals surface area contributed by atoms with Crippen LogP contribution in [-0.2, 0) is 6.42 Å². The van der Waals surface area contributed by atoms with Gasteiger partial charge in [0.25, 0.3) is 0 Å². The van der Waals surface area contributed by atoms with Crippen molar-refractivity contribution in [2.75, 3.05) is 24.5 Å². The van der Waals surface area contributed by atoms with Crippen LogP contribution in [0.3, 0.4) is 0 Å². The summed E-state index contributed by atoms with van der Waals surface area (Å²) in [5, 5.41) is 3.65. The van der Waals surface area contributed by atoms with Crippen molar-refractivity contribution in [3.05, 3.63) is 29.3 Å². The van der Waals surface area contributed by atoms with Gasteiger partial charge >= 0.3 is 0 Å². The van der Waals surface area contributed by atoms with Gasteiger partial charge in [-0.2, -0.15) is 0 Å². The predicted octanol–water partition coefficient (Wildman–Crippen LogP) is 3.14. The number of hydrogen-bond donors (Lipinski definition) is 1. The SMILES string of the molecule is CCCNC1CCN(c2c(C)cccc2CC)C1. The largest absolute Gasteiger partial charge is 0.369 e. The van der Waals surface area contributed by atoms with E-state index in [1.807, 2.05) is 0 Å². The van der Waals surface area contributed by atoms with Crippen molar-refractivity contribution in [1.82, 2.24) is 5.32 Å². The normalized spacial score (nSPS) is 19.5. The molecule has 2 heteroatoms. The molecule has 2 nitrogen and oxygen atoms in total. The molecule has 1 fully saturated rings. The van der Waals surface area contributed by atoms with Crippen molar-refractivity contribution in [2.24, 2.45) is 0 Å². The molecule has 18 heavy (non-hydrogen) atoms. The van der Waals surface area contributed by atoms with Crippen LogP contribution in [0.5, 0.6) is 0 Å². The van der Waals surface area contributed by atoms with Gasteiger partial charge < -0.3 is 10.2 Å². The van der Waals surface area contributed by atoms with Gasteiger partial charge in [-0.1, -0.05) is 32.0 Å². The molecule has 0 aromatic heterocycles. The first kappa shape index (κ1) is 13.4. The van der Waals surface area contributed by atoms with Crippen molar-refractivity contribution in [2.45, 2.75) is 46.1 Å². The van der Waals surface area contributed by atoms with E-state index in [0.29, 0.717) is 6.04 Å². The van der Waals surface area contributed by atoms with Crippen LogP contribution in [-0.4, -0.2) is 25.7 Å². The molecule has 1 heterocycles. The maximum atomic E-state index is 3.65. The molecule has 1 atom stereocenters. The fraction of sp³-hybridized carbons (Fsp3) is 0.625. The average molecular weight is 246 g/mol. The summed E-state index contributed by atoms with van der Waals surface area (Å²) in [7, 11) is 0. The quantitative estimate of drug-likeness (QED) is 0.858. The van der Waals surface area contributed by atoms with E-state index in [4.69, 9.17) is 0 Å². The van der Waals surface area contributed by atoms with E-state index in [0.717, 1.165) is 19.5 Å². The summed E-state index contributed by atoms with van der Waals surface area (Å²) < 4.78 is 0. The van der Waals surface area contributed by atoms with Gasteiger partial charge in [-0.25, -0.2) is 0 Å². The summed E-state index contributed by atoms with van der Waals surface area (Å²) in [6.45, 7) is 10.2. The second-order valence-corrected chi connectivity index (χ2v) is 5.32. The van der Waals surface area contributed by atoms with Gasteiger partial charge in [-0.3, -0.25) is 0 Å². The lowest BCUT2D eigenvalue weighted by Crippen LogP contribution is -2.33.